The van der Waals surface area contributed by atoms with Crippen molar-refractivity contribution in [2.75, 3.05) is 13.2 Å². The lowest BCUT2D eigenvalue weighted by Gasteiger charge is -2.07. The summed E-state index contributed by atoms with van der Waals surface area (Å²) in [6.45, 7) is 1.27. The lowest BCUT2D eigenvalue weighted by atomic mass is 10.2. The molecule has 3 aromatic rings. The highest BCUT2D eigenvalue weighted by atomic mass is 35.5. The molecule has 0 unspecified atom stereocenters. The standard InChI is InChI=1S/C16H16ClN5O2S/c17-13-4-2-12(3-5-13)15-16(21-25-20-15)24-10-14(23)19-6-1-8-22-9-7-18-11-22/h2-5,7,9,11H,1,6,8,10H2,(H,19,23). The Morgan fingerprint density at radius 2 is 2.12 bits per heavy atom. The van der Waals surface area contributed by atoms with Crippen LogP contribution < -0.4 is 10.1 Å². The molecule has 9 heteroatoms. The Morgan fingerprint density at radius 3 is 2.88 bits per heavy atom. The predicted molar refractivity (Wildman–Crippen MR) is 95.7 cm³/mol. The second kappa shape index (κ2) is 8.59. The van der Waals surface area contributed by atoms with Gasteiger partial charge in [-0.05, 0) is 18.6 Å². The minimum atomic E-state index is -0.194. The zero-order valence-electron chi connectivity index (χ0n) is 13.3. The van der Waals surface area contributed by atoms with Gasteiger partial charge in [0.2, 0.25) is 0 Å². The van der Waals surface area contributed by atoms with Crippen molar-refractivity contribution >= 4 is 29.2 Å². The highest BCUT2D eigenvalue weighted by Gasteiger charge is 2.13. The van der Waals surface area contributed by atoms with Crippen LogP contribution in [0.5, 0.6) is 5.88 Å². The van der Waals surface area contributed by atoms with Crippen LogP contribution in [-0.2, 0) is 11.3 Å². The first kappa shape index (κ1) is 17.4. The maximum Gasteiger partial charge on any atom is 0.258 e. The summed E-state index contributed by atoms with van der Waals surface area (Å²) >= 11 is 6.92. The van der Waals surface area contributed by atoms with Crippen molar-refractivity contribution < 1.29 is 9.53 Å². The van der Waals surface area contributed by atoms with Gasteiger partial charge in [0.05, 0.1) is 18.1 Å². The van der Waals surface area contributed by atoms with E-state index in [1.165, 1.54) is 0 Å². The Bertz CT molecular complexity index is 804. The van der Waals surface area contributed by atoms with Crippen LogP contribution in [0, 0.1) is 0 Å². The van der Waals surface area contributed by atoms with Gasteiger partial charge in [-0.25, -0.2) is 4.98 Å². The van der Waals surface area contributed by atoms with Crippen molar-refractivity contribution in [3.63, 3.8) is 0 Å². The maximum absolute atomic E-state index is 11.9. The summed E-state index contributed by atoms with van der Waals surface area (Å²) in [5.74, 6) is 0.154. The Labute approximate surface area is 153 Å². The number of rotatable bonds is 8. The van der Waals surface area contributed by atoms with Crippen LogP contribution in [-0.4, -0.2) is 37.4 Å². The van der Waals surface area contributed by atoms with Gasteiger partial charge in [0.1, 0.15) is 5.69 Å². The van der Waals surface area contributed by atoms with E-state index in [1.807, 2.05) is 22.9 Å². The number of halogens is 1. The van der Waals surface area contributed by atoms with Crippen molar-refractivity contribution in [2.24, 2.45) is 0 Å². The van der Waals surface area contributed by atoms with E-state index in [9.17, 15) is 4.79 Å². The van der Waals surface area contributed by atoms with Gasteiger partial charge in [-0.15, -0.1) is 4.37 Å². The van der Waals surface area contributed by atoms with Crippen LogP contribution in [0.15, 0.2) is 43.0 Å². The molecule has 0 radical (unpaired) electrons. The minimum absolute atomic E-state index is 0.100. The third kappa shape index (κ3) is 5.01. The largest absolute Gasteiger partial charge is 0.465 e. The third-order valence-corrected chi connectivity index (χ3v) is 4.15. The SMILES string of the molecule is O=C(COc1nsnc1-c1ccc(Cl)cc1)NCCCn1ccnc1. The number of nitrogens with zero attached hydrogens (tertiary/aromatic N) is 4. The molecule has 25 heavy (non-hydrogen) atoms. The van der Waals surface area contributed by atoms with Gasteiger partial charge in [0.25, 0.3) is 11.8 Å². The molecule has 7 nitrogen and oxygen atoms in total. The van der Waals surface area contributed by atoms with Crippen molar-refractivity contribution in [1.82, 2.24) is 23.6 Å². The summed E-state index contributed by atoms with van der Waals surface area (Å²) in [6.07, 6.45) is 6.18. The molecule has 130 valence electrons. The first-order chi connectivity index (χ1) is 12.2. The number of benzene rings is 1. The van der Waals surface area contributed by atoms with Gasteiger partial charge < -0.3 is 14.6 Å². The molecule has 0 aliphatic heterocycles. The van der Waals surface area contributed by atoms with Crippen LogP contribution >= 0.6 is 23.3 Å². The molecule has 0 fully saturated rings. The van der Waals surface area contributed by atoms with E-state index < -0.39 is 0 Å². The number of ether oxygens (including phenoxy) is 1. The topological polar surface area (TPSA) is 81.9 Å². The van der Waals surface area contributed by atoms with Crippen LogP contribution in [0.3, 0.4) is 0 Å². The molecular formula is C16H16ClN5O2S. The normalized spacial score (nSPS) is 10.6. The van der Waals surface area contributed by atoms with Crippen molar-refractivity contribution in [1.29, 1.82) is 0 Å². The Balaban J connectivity index is 1.44. The van der Waals surface area contributed by atoms with Gasteiger partial charge >= 0.3 is 0 Å². The van der Waals surface area contributed by atoms with Gasteiger partial charge in [0, 0.05) is 36.1 Å². The highest BCUT2D eigenvalue weighted by molar-refractivity contribution is 6.99. The minimum Gasteiger partial charge on any atom is -0.465 e. The summed E-state index contributed by atoms with van der Waals surface area (Å²) in [5.41, 5.74) is 1.45. The number of carbonyl (C=O) groups is 1. The molecule has 1 N–H and O–H groups in total. The number of imidazole rings is 1. The van der Waals surface area contributed by atoms with E-state index in [0.29, 0.717) is 23.1 Å². The number of aryl methyl sites for hydroxylation is 1. The number of hydrogen-bond donors (Lipinski definition) is 1. The molecule has 0 bridgehead atoms. The van der Waals surface area contributed by atoms with E-state index in [2.05, 4.69) is 19.0 Å². The monoisotopic (exact) mass is 377 g/mol. The predicted octanol–water partition coefficient (Wildman–Crippen LogP) is 2.64. The first-order valence-corrected chi connectivity index (χ1v) is 8.77. The van der Waals surface area contributed by atoms with Gasteiger partial charge in [-0.3, -0.25) is 4.79 Å². The number of nitrogens with one attached hydrogen (secondary N) is 1. The average molecular weight is 378 g/mol. The lowest BCUT2D eigenvalue weighted by molar-refractivity contribution is -0.123. The molecule has 2 aromatic heterocycles. The lowest BCUT2D eigenvalue weighted by Crippen LogP contribution is -2.30. The van der Waals surface area contributed by atoms with Crippen LogP contribution in [0.25, 0.3) is 11.3 Å². The third-order valence-electron chi connectivity index (χ3n) is 3.39. The number of hydrogen-bond acceptors (Lipinski definition) is 6. The van der Waals surface area contributed by atoms with Crippen molar-refractivity contribution in [3.05, 3.63) is 48.0 Å². The zero-order chi connectivity index (χ0) is 17.5. The summed E-state index contributed by atoms with van der Waals surface area (Å²) in [7, 11) is 0. The zero-order valence-corrected chi connectivity index (χ0v) is 14.8. The summed E-state index contributed by atoms with van der Waals surface area (Å²) < 4.78 is 15.8. The fourth-order valence-electron chi connectivity index (χ4n) is 2.15. The summed E-state index contributed by atoms with van der Waals surface area (Å²) in [4.78, 5) is 15.8. The first-order valence-electron chi connectivity index (χ1n) is 7.66. The molecule has 2 heterocycles. The van der Waals surface area contributed by atoms with E-state index >= 15 is 0 Å². The molecule has 0 aliphatic carbocycles. The van der Waals surface area contributed by atoms with Crippen molar-refractivity contribution in [3.8, 4) is 17.1 Å². The summed E-state index contributed by atoms with van der Waals surface area (Å²) in [6, 6.07) is 7.21. The Hall–Kier alpha value is -2.45. The maximum atomic E-state index is 11.9. The van der Waals surface area contributed by atoms with E-state index in [-0.39, 0.29) is 12.5 Å². The smallest absolute Gasteiger partial charge is 0.258 e. The number of carbonyl (C=O) groups excluding carboxylic acids is 1. The van der Waals surface area contributed by atoms with Crippen LogP contribution in [0.4, 0.5) is 0 Å². The highest BCUT2D eigenvalue weighted by Crippen LogP contribution is 2.28. The van der Waals surface area contributed by atoms with E-state index in [1.54, 1.807) is 24.7 Å². The molecule has 0 atom stereocenters. The molecule has 0 saturated carbocycles. The molecule has 3 rings (SSSR count). The van der Waals surface area contributed by atoms with Gasteiger partial charge in [0.15, 0.2) is 6.61 Å². The average Bonchev–Trinajstić information content (AvgIpc) is 3.29. The number of aromatic nitrogens is 4. The summed E-state index contributed by atoms with van der Waals surface area (Å²) in [5, 5.41) is 3.46. The second-order valence-electron chi connectivity index (χ2n) is 5.22. The van der Waals surface area contributed by atoms with Crippen LogP contribution in [0.2, 0.25) is 5.02 Å². The molecule has 0 spiro atoms. The van der Waals surface area contributed by atoms with Crippen molar-refractivity contribution in [2.45, 2.75) is 13.0 Å². The second-order valence-corrected chi connectivity index (χ2v) is 6.18. The van der Waals surface area contributed by atoms with Gasteiger partial charge in [-0.1, -0.05) is 23.7 Å². The Kier molecular flexibility index (Phi) is 5.97. The van der Waals surface area contributed by atoms with E-state index in [4.69, 9.17) is 16.3 Å². The quantitative estimate of drug-likeness (QED) is 0.610. The molecule has 1 amide bonds. The molecular weight excluding hydrogens is 362 g/mol. The molecule has 1 aromatic carbocycles. The molecule has 0 saturated heterocycles. The number of amides is 1. The Morgan fingerprint density at radius 1 is 1.28 bits per heavy atom. The van der Waals surface area contributed by atoms with Gasteiger partial charge in [-0.2, -0.15) is 4.37 Å². The fourth-order valence-corrected chi connectivity index (χ4v) is 2.80. The van der Waals surface area contributed by atoms with E-state index in [0.717, 1.165) is 30.3 Å². The van der Waals surface area contributed by atoms with Crippen LogP contribution in [0.1, 0.15) is 6.42 Å². The molecule has 0 aliphatic rings. The fraction of sp³-hybridized carbons (Fsp3) is 0.250.